The molecule has 0 bridgehead atoms. The Balaban J connectivity index is 1.44. The van der Waals surface area contributed by atoms with Gasteiger partial charge >= 0.3 is 0 Å². The average Bonchev–Trinajstić information content (AvgIpc) is 3.06. The van der Waals surface area contributed by atoms with Crippen molar-refractivity contribution in [3.8, 4) is 5.75 Å². The van der Waals surface area contributed by atoms with Gasteiger partial charge in [-0.15, -0.1) is 0 Å². The zero-order chi connectivity index (χ0) is 20.2. The number of hydrogen-bond acceptors (Lipinski definition) is 3. The number of benzene rings is 3. The van der Waals surface area contributed by atoms with Gasteiger partial charge in [0, 0.05) is 33.6 Å². The summed E-state index contributed by atoms with van der Waals surface area (Å²) in [6.07, 6.45) is 0. The van der Waals surface area contributed by atoms with E-state index in [1.54, 1.807) is 7.11 Å². The van der Waals surface area contributed by atoms with E-state index in [4.69, 9.17) is 17.0 Å². The minimum absolute atomic E-state index is 0.169. The fourth-order valence-electron chi connectivity index (χ4n) is 3.35. The minimum atomic E-state index is -0.203. The Kier molecular flexibility index (Phi) is 5.31. The summed E-state index contributed by atoms with van der Waals surface area (Å²) in [7, 11) is 1.60. The maximum absolute atomic E-state index is 12.6. The summed E-state index contributed by atoms with van der Waals surface area (Å²) in [5.74, 6) is 0.513. The van der Waals surface area contributed by atoms with Crippen LogP contribution in [-0.2, 0) is 11.3 Å². The van der Waals surface area contributed by atoms with Gasteiger partial charge in [0.05, 0.1) is 7.11 Å². The summed E-state index contributed by atoms with van der Waals surface area (Å²) in [6, 6.07) is 23.5. The number of hydrogen-bond donors (Lipinski definition) is 3. The van der Waals surface area contributed by atoms with E-state index in [-0.39, 0.29) is 17.6 Å². The zero-order valence-corrected chi connectivity index (χ0v) is 16.6. The van der Waals surface area contributed by atoms with Crippen molar-refractivity contribution in [2.75, 3.05) is 12.4 Å². The summed E-state index contributed by atoms with van der Waals surface area (Å²) >= 11 is 5.25. The Morgan fingerprint density at radius 2 is 1.59 bits per heavy atom. The molecule has 4 rings (SSSR count). The van der Waals surface area contributed by atoms with E-state index >= 15 is 0 Å². The maximum atomic E-state index is 12.6. The molecule has 0 fully saturated rings. The van der Waals surface area contributed by atoms with Crippen molar-refractivity contribution in [3.05, 3.63) is 72.8 Å². The second-order valence-corrected chi connectivity index (χ2v) is 6.89. The molecular weight excluding hydrogens is 384 g/mol. The highest BCUT2D eigenvalue weighted by atomic mass is 32.1. The number of carbonyl (C=O) groups excluding carboxylic acids is 1. The normalized spacial score (nSPS) is 10.7. The van der Waals surface area contributed by atoms with Gasteiger partial charge in [-0.05, 0) is 36.5 Å². The van der Waals surface area contributed by atoms with Gasteiger partial charge in [-0.2, -0.15) is 0 Å². The molecule has 0 aliphatic rings. The van der Waals surface area contributed by atoms with Crippen molar-refractivity contribution in [3.63, 3.8) is 0 Å². The molecule has 0 aliphatic carbocycles. The van der Waals surface area contributed by atoms with Crippen LogP contribution in [0.15, 0.2) is 72.8 Å². The first-order valence-electron chi connectivity index (χ1n) is 9.11. The molecule has 0 atom stereocenters. The first-order valence-corrected chi connectivity index (χ1v) is 9.52. The van der Waals surface area contributed by atoms with Gasteiger partial charge < -0.3 is 14.6 Å². The number of ether oxygens (including phenoxy) is 1. The number of hydrazine groups is 1. The van der Waals surface area contributed by atoms with Crippen LogP contribution in [0, 0.1) is 0 Å². The molecule has 0 saturated carbocycles. The molecule has 3 N–H and O–H groups in total. The van der Waals surface area contributed by atoms with Crippen LogP contribution in [0.25, 0.3) is 21.8 Å². The number of fused-ring (bicyclic) bond motifs is 3. The number of aromatic nitrogens is 1. The second kappa shape index (κ2) is 8.20. The van der Waals surface area contributed by atoms with E-state index < -0.39 is 0 Å². The van der Waals surface area contributed by atoms with Crippen LogP contribution in [0.4, 0.5) is 5.69 Å². The molecular formula is C22H20N4O2S. The Bertz CT molecular complexity index is 1150. The van der Waals surface area contributed by atoms with Crippen LogP contribution in [0.5, 0.6) is 5.75 Å². The van der Waals surface area contributed by atoms with Crippen molar-refractivity contribution < 1.29 is 9.53 Å². The summed E-state index contributed by atoms with van der Waals surface area (Å²) in [5.41, 5.74) is 8.19. The molecule has 1 heterocycles. The number of anilines is 1. The Morgan fingerprint density at radius 1 is 0.931 bits per heavy atom. The van der Waals surface area contributed by atoms with E-state index in [0.717, 1.165) is 27.5 Å². The summed E-state index contributed by atoms with van der Waals surface area (Å²) in [6.45, 7) is 0.169. The molecule has 1 aromatic heterocycles. The molecule has 3 aromatic carbocycles. The number of para-hydroxylation sites is 2. The quantitative estimate of drug-likeness (QED) is 0.356. The Hall–Kier alpha value is -3.58. The highest BCUT2D eigenvalue weighted by molar-refractivity contribution is 7.80. The fraction of sp³-hybridized carbons (Fsp3) is 0.0909. The van der Waals surface area contributed by atoms with E-state index in [0.29, 0.717) is 5.75 Å². The van der Waals surface area contributed by atoms with E-state index in [1.807, 2.05) is 65.2 Å². The smallest absolute Gasteiger partial charge is 0.258 e. The van der Waals surface area contributed by atoms with Crippen LogP contribution in [0.1, 0.15) is 0 Å². The van der Waals surface area contributed by atoms with Crippen LogP contribution >= 0.6 is 12.2 Å². The molecule has 0 aliphatic heterocycles. The van der Waals surface area contributed by atoms with Gasteiger partial charge in [-0.3, -0.25) is 15.6 Å². The summed E-state index contributed by atoms with van der Waals surface area (Å²) in [4.78, 5) is 12.6. The van der Waals surface area contributed by atoms with E-state index in [1.165, 1.54) is 0 Å². The number of nitrogens with one attached hydrogen (secondary N) is 3. The molecule has 6 nitrogen and oxygen atoms in total. The van der Waals surface area contributed by atoms with Crippen molar-refractivity contribution in [1.82, 2.24) is 15.4 Å². The lowest BCUT2D eigenvalue weighted by molar-refractivity contribution is -0.122. The highest BCUT2D eigenvalue weighted by Crippen LogP contribution is 2.28. The first-order chi connectivity index (χ1) is 14.2. The Morgan fingerprint density at radius 3 is 2.24 bits per heavy atom. The van der Waals surface area contributed by atoms with Gasteiger partial charge in [-0.25, -0.2) is 0 Å². The van der Waals surface area contributed by atoms with Gasteiger partial charge in [0.2, 0.25) is 0 Å². The molecule has 4 aromatic rings. The lowest BCUT2D eigenvalue weighted by atomic mass is 10.2. The third kappa shape index (κ3) is 4.00. The van der Waals surface area contributed by atoms with Crippen molar-refractivity contribution in [1.29, 1.82) is 0 Å². The largest absolute Gasteiger partial charge is 0.497 e. The fourth-order valence-corrected chi connectivity index (χ4v) is 3.52. The number of amides is 1. The molecule has 0 unspecified atom stereocenters. The highest BCUT2D eigenvalue weighted by Gasteiger charge is 2.12. The Labute approximate surface area is 173 Å². The van der Waals surface area contributed by atoms with Gasteiger partial charge in [0.15, 0.2) is 5.11 Å². The second-order valence-electron chi connectivity index (χ2n) is 6.48. The predicted molar refractivity (Wildman–Crippen MR) is 120 cm³/mol. The average molecular weight is 404 g/mol. The molecule has 0 radical (unpaired) electrons. The zero-order valence-electron chi connectivity index (χ0n) is 15.8. The van der Waals surface area contributed by atoms with Gasteiger partial charge in [0.25, 0.3) is 5.91 Å². The molecule has 29 heavy (non-hydrogen) atoms. The minimum Gasteiger partial charge on any atom is -0.497 e. The van der Waals surface area contributed by atoms with Crippen LogP contribution < -0.4 is 20.9 Å². The summed E-state index contributed by atoms with van der Waals surface area (Å²) < 4.78 is 7.19. The topological polar surface area (TPSA) is 67.3 Å². The maximum Gasteiger partial charge on any atom is 0.258 e. The summed E-state index contributed by atoms with van der Waals surface area (Å²) in [5, 5.41) is 5.54. The SMILES string of the molecule is COc1cccc(NC(=S)NNC(=O)Cn2c3ccccc3c3ccccc32)c1. The lowest BCUT2D eigenvalue weighted by Gasteiger charge is -2.13. The number of rotatable bonds is 4. The number of carbonyl (C=O) groups is 1. The third-order valence-electron chi connectivity index (χ3n) is 4.62. The number of nitrogens with zero attached hydrogens (tertiary/aromatic N) is 1. The third-order valence-corrected chi connectivity index (χ3v) is 4.83. The van der Waals surface area contributed by atoms with Crippen molar-refractivity contribution in [2.24, 2.45) is 0 Å². The predicted octanol–water partition coefficient (Wildman–Crippen LogP) is 3.82. The van der Waals surface area contributed by atoms with Crippen LogP contribution in [-0.4, -0.2) is 22.7 Å². The van der Waals surface area contributed by atoms with Gasteiger partial charge in [-0.1, -0.05) is 42.5 Å². The number of methoxy groups -OCH3 is 1. The van der Waals surface area contributed by atoms with Crippen LogP contribution in [0.3, 0.4) is 0 Å². The molecule has 0 saturated heterocycles. The number of thiocarbonyl (C=S) groups is 1. The molecule has 7 heteroatoms. The van der Waals surface area contributed by atoms with E-state index in [2.05, 4.69) is 28.3 Å². The van der Waals surface area contributed by atoms with E-state index in [9.17, 15) is 4.79 Å². The standard InChI is InChI=1S/C22H20N4O2S/c1-28-16-8-6-7-15(13-16)23-22(29)25-24-21(27)14-26-19-11-4-2-9-17(19)18-10-3-5-12-20(18)26/h2-13H,14H2,1H3,(H,24,27)(H2,23,25,29). The van der Waals surface area contributed by atoms with Crippen LogP contribution in [0.2, 0.25) is 0 Å². The molecule has 0 spiro atoms. The molecule has 1 amide bonds. The monoisotopic (exact) mass is 404 g/mol. The van der Waals surface area contributed by atoms with Crippen molar-refractivity contribution >= 4 is 50.7 Å². The lowest BCUT2D eigenvalue weighted by Crippen LogP contribution is -2.45. The molecule has 146 valence electrons. The van der Waals surface area contributed by atoms with Gasteiger partial charge in [0.1, 0.15) is 12.3 Å². The van der Waals surface area contributed by atoms with Crippen molar-refractivity contribution in [2.45, 2.75) is 6.54 Å². The first kappa shape index (κ1) is 18.8.